The van der Waals surface area contributed by atoms with E-state index in [1.54, 1.807) is 17.6 Å². The average Bonchev–Trinajstić information content (AvgIpc) is 3.26. The molecule has 1 aromatic carbocycles. The van der Waals surface area contributed by atoms with Crippen molar-refractivity contribution in [3.05, 3.63) is 80.8 Å². The van der Waals surface area contributed by atoms with Crippen LogP contribution >= 0.6 is 27.3 Å². The standard InChI is InChI=1S/C19H18BrNO2S/c20-16-5-1-4-15(12-16)8-9-19(22)21(13-17-6-2-10-23-17)14-18-7-3-11-24-18/h1-7,10-12H,8-9,13-14H2. The number of benzene rings is 1. The summed E-state index contributed by atoms with van der Waals surface area (Å²) in [6, 6.07) is 15.9. The second-order valence-electron chi connectivity index (χ2n) is 5.54. The van der Waals surface area contributed by atoms with Gasteiger partial charge in [0, 0.05) is 15.8 Å². The van der Waals surface area contributed by atoms with Gasteiger partial charge >= 0.3 is 0 Å². The Bertz CT molecular complexity index is 732. The SMILES string of the molecule is O=C(CCc1cccc(Br)c1)N(Cc1ccco1)Cc1cccs1. The predicted octanol–water partition coefficient (Wildman–Crippen LogP) is 5.27. The molecule has 5 heteroatoms. The van der Waals surface area contributed by atoms with Crippen LogP contribution in [0.25, 0.3) is 0 Å². The molecule has 0 aliphatic rings. The summed E-state index contributed by atoms with van der Waals surface area (Å²) in [6.07, 6.45) is 2.87. The van der Waals surface area contributed by atoms with Crippen molar-refractivity contribution in [2.75, 3.05) is 0 Å². The van der Waals surface area contributed by atoms with E-state index in [1.165, 1.54) is 4.88 Å². The van der Waals surface area contributed by atoms with Gasteiger partial charge in [-0.1, -0.05) is 34.1 Å². The van der Waals surface area contributed by atoms with Crippen molar-refractivity contribution >= 4 is 33.2 Å². The van der Waals surface area contributed by atoms with Crippen LogP contribution in [0.5, 0.6) is 0 Å². The Morgan fingerprint density at radius 1 is 1.12 bits per heavy atom. The molecular formula is C19H18BrNO2S. The third kappa shape index (κ3) is 4.82. The van der Waals surface area contributed by atoms with Crippen LogP contribution in [-0.4, -0.2) is 10.8 Å². The maximum atomic E-state index is 12.7. The van der Waals surface area contributed by atoms with E-state index < -0.39 is 0 Å². The van der Waals surface area contributed by atoms with E-state index in [1.807, 2.05) is 46.7 Å². The van der Waals surface area contributed by atoms with E-state index in [2.05, 4.69) is 28.1 Å². The monoisotopic (exact) mass is 403 g/mol. The normalized spacial score (nSPS) is 10.7. The second-order valence-corrected chi connectivity index (χ2v) is 7.49. The van der Waals surface area contributed by atoms with Crippen LogP contribution in [0.2, 0.25) is 0 Å². The van der Waals surface area contributed by atoms with Gasteiger partial charge in [0.2, 0.25) is 5.91 Å². The Balaban J connectivity index is 1.65. The first-order chi connectivity index (χ1) is 11.7. The zero-order chi connectivity index (χ0) is 16.8. The Morgan fingerprint density at radius 3 is 2.75 bits per heavy atom. The first-order valence-electron chi connectivity index (χ1n) is 7.78. The lowest BCUT2D eigenvalue weighted by Gasteiger charge is -2.21. The van der Waals surface area contributed by atoms with Crippen LogP contribution in [0, 0.1) is 0 Å². The molecule has 0 spiro atoms. The number of furan rings is 1. The molecule has 2 aromatic heterocycles. The van der Waals surface area contributed by atoms with E-state index in [0.717, 1.165) is 22.2 Å². The van der Waals surface area contributed by atoms with Crippen molar-refractivity contribution in [3.8, 4) is 0 Å². The average molecular weight is 404 g/mol. The molecule has 3 aromatic rings. The molecule has 0 radical (unpaired) electrons. The molecule has 0 aliphatic carbocycles. The van der Waals surface area contributed by atoms with Crippen LogP contribution in [-0.2, 0) is 24.3 Å². The molecule has 0 aliphatic heterocycles. The number of carbonyl (C=O) groups excluding carboxylic acids is 1. The molecule has 24 heavy (non-hydrogen) atoms. The largest absolute Gasteiger partial charge is 0.467 e. The molecule has 0 bridgehead atoms. The summed E-state index contributed by atoms with van der Waals surface area (Å²) in [5.74, 6) is 0.946. The summed E-state index contributed by atoms with van der Waals surface area (Å²) < 4.78 is 6.46. The van der Waals surface area contributed by atoms with Crippen molar-refractivity contribution in [3.63, 3.8) is 0 Å². The number of halogens is 1. The molecule has 0 saturated carbocycles. The zero-order valence-corrected chi connectivity index (χ0v) is 15.6. The number of aryl methyl sites for hydroxylation is 1. The van der Waals surface area contributed by atoms with Crippen LogP contribution in [0.4, 0.5) is 0 Å². The van der Waals surface area contributed by atoms with Crippen LogP contribution in [0.15, 0.2) is 69.1 Å². The highest BCUT2D eigenvalue weighted by molar-refractivity contribution is 9.10. The highest BCUT2D eigenvalue weighted by Crippen LogP contribution is 2.18. The molecule has 0 atom stereocenters. The lowest BCUT2D eigenvalue weighted by atomic mass is 10.1. The molecule has 124 valence electrons. The molecule has 0 unspecified atom stereocenters. The quantitative estimate of drug-likeness (QED) is 0.538. The van der Waals surface area contributed by atoms with Gasteiger partial charge in [0.05, 0.1) is 19.4 Å². The van der Waals surface area contributed by atoms with Gasteiger partial charge in [-0.2, -0.15) is 0 Å². The molecule has 0 N–H and O–H groups in total. The minimum atomic E-state index is 0.139. The lowest BCUT2D eigenvalue weighted by molar-refractivity contribution is -0.132. The van der Waals surface area contributed by atoms with Gasteiger partial charge in [-0.3, -0.25) is 4.79 Å². The van der Waals surface area contributed by atoms with Crippen LogP contribution in [0.1, 0.15) is 22.6 Å². The topological polar surface area (TPSA) is 33.5 Å². The Labute approximate surface area is 154 Å². The number of hydrogen-bond donors (Lipinski definition) is 0. The van der Waals surface area contributed by atoms with Crippen molar-refractivity contribution in [1.29, 1.82) is 0 Å². The first-order valence-corrected chi connectivity index (χ1v) is 9.45. The Hall–Kier alpha value is -1.85. The Morgan fingerprint density at radius 2 is 2.04 bits per heavy atom. The van der Waals surface area contributed by atoms with Gasteiger partial charge in [0.15, 0.2) is 0 Å². The number of hydrogen-bond acceptors (Lipinski definition) is 3. The van der Waals surface area contributed by atoms with E-state index >= 15 is 0 Å². The minimum Gasteiger partial charge on any atom is -0.467 e. The highest BCUT2D eigenvalue weighted by atomic mass is 79.9. The summed E-state index contributed by atoms with van der Waals surface area (Å²) in [5.41, 5.74) is 1.16. The predicted molar refractivity (Wildman–Crippen MR) is 99.7 cm³/mol. The summed E-state index contributed by atoms with van der Waals surface area (Å²) >= 11 is 5.14. The van der Waals surface area contributed by atoms with Gasteiger partial charge in [-0.05, 0) is 47.7 Å². The number of nitrogens with zero attached hydrogens (tertiary/aromatic N) is 1. The number of carbonyl (C=O) groups is 1. The maximum Gasteiger partial charge on any atom is 0.223 e. The molecule has 3 rings (SSSR count). The van der Waals surface area contributed by atoms with Gasteiger partial charge in [-0.15, -0.1) is 11.3 Å². The van der Waals surface area contributed by atoms with Crippen molar-refractivity contribution in [2.45, 2.75) is 25.9 Å². The molecule has 0 saturated heterocycles. The Kier molecular flexibility index (Phi) is 5.88. The summed E-state index contributed by atoms with van der Waals surface area (Å²) in [6.45, 7) is 1.12. The van der Waals surface area contributed by atoms with E-state index in [-0.39, 0.29) is 5.91 Å². The maximum absolute atomic E-state index is 12.7. The number of thiophene rings is 1. The van der Waals surface area contributed by atoms with E-state index in [9.17, 15) is 4.79 Å². The molecular weight excluding hydrogens is 386 g/mol. The second kappa shape index (κ2) is 8.31. The first kappa shape index (κ1) is 17.0. The van der Waals surface area contributed by atoms with E-state index in [0.29, 0.717) is 19.5 Å². The van der Waals surface area contributed by atoms with Gasteiger partial charge in [0.1, 0.15) is 5.76 Å². The van der Waals surface area contributed by atoms with Gasteiger partial charge in [-0.25, -0.2) is 0 Å². The fraction of sp³-hybridized carbons (Fsp3) is 0.211. The van der Waals surface area contributed by atoms with Crippen molar-refractivity contribution in [2.24, 2.45) is 0 Å². The lowest BCUT2D eigenvalue weighted by Crippen LogP contribution is -2.29. The van der Waals surface area contributed by atoms with Crippen LogP contribution < -0.4 is 0 Å². The number of amides is 1. The van der Waals surface area contributed by atoms with Crippen LogP contribution in [0.3, 0.4) is 0 Å². The minimum absolute atomic E-state index is 0.139. The summed E-state index contributed by atoms with van der Waals surface area (Å²) in [7, 11) is 0. The van der Waals surface area contributed by atoms with E-state index in [4.69, 9.17) is 4.42 Å². The van der Waals surface area contributed by atoms with Gasteiger partial charge in [0.25, 0.3) is 0 Å². The molecule has 2 heterocycles. The number of rotatable bonds is 7. The smallest absolute Gasteiger partial charge is 0.223 e. The highest BCUT2D eigenvalue weighted by Gasteiger charge is 2.16. The third-order valence-corrected chi connectivity index (χ3v) is 5.08. The fourth-order valence-electron chi connectivity index (χ4n) is 2.52. The molecule has 1 amide bonds. The van der Waals surface area contributed by atoms with Crippen molar-refractivity contribution < 1.29 is 9.21 Å². The van der Waals surface area contributed by atoms with Crippen molar-refractivity contribution in [1.82, 2.24) is 4.90 Å². The third-order valence-electron chi connectivity index (χ3n) is 3.72. The summed E-state index contributed by atoms with van der Waals surface area (Å²) in [4.78, 5) is 15.8. The fourth-order valence-corrected chi connectivity index (χ4v) is 3.68. The molecule has 0 fully saturated rings. The molecule has 3 nitrogen and oxygen atoms in total. The zero-order valence-electron chi connectivity index (χ0n) is 13.2. The van der Waals surface area contributed by atoms with Gasteiger partial charge < -0.3 is 9.32 Å². The summed E-state index contributed by atoms with van der Waals surface area (Å²) in [5, 5.41) is 2.03.